The van der Waals surface area contributed by atoms with E-state index in [1.54, 1.807) is 10.9 Å². The van der Waals surface area contributed by atoms with Crippen LogP contribution >= 0.6 is 0 Å². The molecule has 0 bridgehead atoms. The third-order valence-corrected chi connectivity index (χ3v) is 5.50. The quantitative estimate of drug-likeness (QED) is 0.370. The Morgan fingerprint density at radius 3 is 2.62 bits per heavy atom. The molecule has 5 nitrogen and oxygen atoms in total. The molecule has 0 amide bonds. The summed E-state index contributed by atoms with van der Waals surface area (Å²) < 4.78 is 9.53. The van der Waals surface area contributed by atoms with E-state index in [9.17, 15) is 0 Å². The molecule has 0 aliphatic heterocycles. The molecule has 1 aromatic carbocycles. The van der Waals surface area contributed by atoms with Crippen LogP contribution in [-0.2, 0) is 11.5 Å². The van der Waals surface area contributed by atoms with Gasteiger partial charge in [-0.2, -0.15) is 10.2 Å². The molecule has 0 atom stereocenters. The summed E-state index contributed by atoms with van der Waals surface area (Å²) in [7, 11) is -1.07. The van der Waals surface area contributed by atoms with Gasteiger partial charge in [0.2, 0.25) is 0 Å². The second-order valence-electron chi connectivity index (χ2n) is 7.06. The van der Waals surface area contributed by atoms with Crippen molar-refractivity contribution in [2.24, 2.45) is 5.10 Å². The van der Waals surface area contributed by atoms with E-state index in [2.05, 4.69) is 42.0 Å². The maximum atomic E-state index is 5.85. The number of nitrogens with zero attached hydrogens (tertiary/aromatic N) is 4. The fraction of sp³-hybridized carbons (Fsp3) is 0.333. The summed E-state index contributed by atoms with van der Waals surface area (Å²) in [4.78, 5) is 0. The number of fused-ring (bicyclic) bond motifs is 1. The Bertz CT molecular complexity index is 815. The topological polar surface area (TPSA) is 44.3 Å². The van der Waals surface area contributed by atoms with Gasteiger partial charge >= 0.3 is 0 Å². The first-order valence-corrected chi connectivity index (χ1v) is 11.9. The summed E-state index contributed by atoms with van der Waals surface area (Å²) >= 11 is 0. The van der Waals surface area contributed by atoms with Crippen LogP contribution in [0.4, 0.5) is 0 Å². The van der Waals surface area contributed by atoms with Gasteiger partial charge in [-0.05, 0) is 24.2 Å². The molecule has 24 heavy (non-hydrogen) atoms. The van der Waals surface area contributed by atoms with Crippen molar-refractivity contribution in [3.8, 4) is 0 Å². The van der Waals surface area contributed by atoms with Crippen LogP contribution in [0.1, 0.15) is 5.69 Å². The van der Waals surface area contributed by atoms with Crippen molar-refractivity contribution in [2.75, 3.05) is 6.61 Å². The number of benzene rings is 1. The Balaban J connectivity index is 1.76. The molecule has 0 unspecified atom stereocenters. The predicted octanol–water partition coefficient (Wildman–Crippen LogP) is 4.03. The smallest absolute Gasteiger partial charge is 0.140 e. The van der Waals surface area contributed by atoms with Gasteiger partial charge in [0, 0.05) is 32.5 Å². The average molecular weight is 341 g/mol. The molecule has 126 valence electrons. The normalized spacial score (nSPS) is 12.5. The summed E-state index contributed by atoms with van der Waals surface area (Å²) in [5.74, 6) is 0. The molecule has 0 radical (unpaired) electrons. The predicted molar refractivity (Wildman–Crippen MR) is 101 cm³/mol. The number of ether oxygens (including phenoxy) is 1. The second-order valence-corrected chi connectivity index (χ2v) is 12.7. The lowest BCUT2D eigenvalue weighted by Crippen LogP contribution is -2.22. The van der Waals surface area contributed by atoms with Crippen LogP contribution in [0.5, 0.6) is 0 Å². The molecule has 0 aliphatic carbocycles. The van der Waals surface area contributed by atoms with Crippen LogP contribution in [0.3, 0.4) is 0 Å². The summed E-state index contributed by atoms with van der Waals surface area (Å²) in [6.07, 6.45) is 5.59. The van der Waals surface area contributed by atoms with Crippen molar-refractivity contribution in [1.29, 1.82) is 0 Å². The molecule has 0 saturated carbocycles. The van der Waals surface area contributed by atoms with E-state index in [1.165, 1.54) is 0 Å². The molecule has 2 heterocycles. The first-order valence-electron chi connectivity index (χ1n) is 8.23. The Hall–Kier alpha value is -2.18. The Kier molecular flexibility index (Phi) is 4.96. The van der Waals surface area contributed by atoms with Crippen molar-refractivity contribution < 1.29 is 4.74 Å². The molecular weight excluding hydrogens is 316 g/mol. The van der Waals surface area contributed by atoms with E-state index in [0.717, 1.165) is 29.2 Å². The number of aromatic nitrogens is 3. The number of hydrogen-bond donors (Lipinski definition) is 0. The third-order valence-electron chi connectivity index (χ3n) is 3.80. The molecular formula is C18H24N4OSi. The van der Waals surface area contributed by atoms with Crippen LogP contribution in [0.2, 0.25) is 25.7 Å². The van der Waals surface area contributed by atoms with Gasteiger partial charge in [-0.1, -0.05) is 37.8 Å². The summed E-state index contributed by atoms with van der Waals surface area (Å²) in [6.45, 7) is 8.33. The maximum absolute atomic E-state index is 5.85. The lowest BCUT2D eigenvalue weighted by atomic mass is 10.2. The van der Waals surface area contributed by atoms with Gasteiger partial charge < -0.3 is 4.74 Å². The molecule has 0 spiro atoms. The average Bonchev–Trinajstić information content (AvgIpc) is 3.17. The Morgan fingerprint density at radius 2 is 1.88 bits per heavy atom. The van der Waals surface area contributed by atoms with Crippen molar-refractivity contribution in [3.63, 3.8) is 0 Å². The van der Waals surface area contributed by atoms with Crippen molar-refractivity contribution in [2.45, 2.75) is 32.4 Å². The minimum Gasteiger partial charge on any atom is -0.360 e. The Labute approximate surface area is 143 Å². The standard InChI is InChI=1S/C18H24N4OSi/c1-24(2,3)13-12-23-15-22-18-9-5-4-8-16(18)17(20-22)14-19-21-10-6-7-11-21/h4-11,14H,12-13,15H2,1-3H3. The number of rotatable bonds is 7. The third kappa shape index (κ3) is 4.21. The van der Waals surface area contributed by atoms with Crippen LogP contribution in [0, 0.1) is 0 Å². The zero-order valence-electron chi connectivity index (χ0n) is 14.5. The summed E-state index contributed by atoms with van der Waals surface area (Å²) in [5.41, 5.74) is 1.92. The monoisotopic (exact) mass is 340 g/mol. The van der Waals surface area contributed by atoms with E-state index in [-0.39, 0.29) is 0 Å². The van der Waals surface area contributed by atoms with E-state index in [4.69, 9.17) is 4.74 Å². The van der Waals surface area contributed by atoms with Gasteiger partial charge in [-0.15, -0.1) is 0 Å². The van der Waals surface area contributed by atoms with E-state index in [0.29, 0.717) is 6.73 Å². The van der Waals surface area contributed by atoms with Crippen molar-refractivity contribution >= 4 is 25.2 Å². The lowest BCUT2D eigenvalue weighted by Gasteiger charge is -2.15. The summed E-state index contributed by atoms with van der Waals surface area (Å²) in [5, 5.41) is 10.2. The van der Waals surface area contributed by atoms with Crippen LogP contribution < -0.4 is 0 Å². The van der Waals surface area contributed by atoms with E-state index >= 15 is 0 Å². The second kappa shape index (κ2) is 7.15. The van der Waals surface area contributed by atoms with Gasteiger partial charge in [-0.25, -0.2) is 9.36 Å². The fourth-order valence-corrected chi connectivity index (χ4v) is 3.16. The minimum atomic E-state index is -1.07. The van der Waals surface area contributed by atoms with Gasteiger partial charge in [0.25, 0.3) is 0 Å². The fourth-order valence-electron chi connectivity index (χ4n) is 2.40. The molecule has 2 aromatic heterocycles. The van der Waals surface area contributed by atoms with E-state index < -0.39 is 8.07 Å². The molecule has 3 aromatic rings. The van der Waals surface area contributed by atoms with Crippen LogP contribution in [-0.4, -0.2) is 35.4 Å². The molecule has 6 heteroatoms. The van der Waals surface area contributed by atoms with Crippen LogP contribution in [0.25, 0.3) is 10.9 Å². The zero-order valence-corrected chi connectivity index (χ0v) is 15.5. The maximum Gasteiger partial charge on any atom is 0.140 e. The van der Waals surface area contributed by atoms with Crippen molar-refractivity contribution in [1.82, 2.24) is 14.5 Å². The molecule has 3 rings (SSSR count). The number of para-hydroxylation sites is 1. The van der Waals surface area contributed by atoms with Crippen molar-refractivity contribution in [3.05, 3.63) is 54.5 Å². The molecule has 0 N–H and O–H groups in total. The van der Waals surface area contributed by atoms with Crippen LogP contribution in [0.15, 0.2) is 53.9 Å². The highest BCUT2D eigenvalue weighted by molar-refractivity contribution is 6.76. The SMILES string of the molecule is C[Si](C)(C)CCOCn1nc(C=Nn2cccc2)c2ccccc21. The van der Waals surface area contributed by atoms with Gasteiger partial charge in [0.05, 0.1) is 11.7 Å². The Morgan fingerprint density at radius 1 is 1.12 bits per heavy atom. The lowest BCUT2D eigenvalue weighted by molar-refractivity contribution is 0.0816. The van der Waals surface area contributed by atoms with Gasteiger partial charge in [0.1, 0.15) is 12.4 Å². The first kappa shape index (κ1) is 16.7. The summed E-state index contributed by atoms with van der Waals surface area (Å²) in [6, 6.07) is 13.2. The highest BCUT2D eigenvalue weighted by Crippen LogP contribution is 2.17. The largest absolute Gasteiger partial charge is 0.360 e. The molecule has 0 aliphatic rings. The van der Waals surface area contributed by atoms with Gasteiger partial charge in [-0.3, -0.25) is 0 Å². The molecule has 0 fully saturated rings. The molecule has 0 saturated heterocycles. The van der Waals surface area contributed by atoms with E-state index in [1.807, 2.05) is 41.3 Å². The van der Waals surface area contributed by atoms with Gasteiger partial charge in [0.15, 0.2) is 0 Å². The first-order chi connectivity index (χ1) is 11.5. The highest BCUT2D eigenvalue weighted by atomic mass is 28.3. The highest BCUT2D eigenvalue weighted by Gasteiger charge is 2.13. The number of hydrogen-bond acceptors (Lipinski definition) is 3. The zero-order chi connectivity index (χ0) is 17.0. The minimum absolute atomic E-state index is 0.475.